The van der Waals surface area contributed by atoms with Crippen molar-refractivity contribution in [1.29, 1.82) is 0 Å². The van der Waals surface area contributed by atoms with Crippen LogP contribution >= 0.6 is 0 Å². The molecule has 0 spiro atoms. The van der Waals surface area contributed by atoms with Gasteiger partial charge in [0.1, 0.15) is 6.54 Å². The SMILES string of the molecule is CCCc1cn(CC(=O)O)c2c(C)cccc2c1=O. The van der Waals surface area contributed by atoms with Crippen LogP contribution in [0.4, 0.5) is 0 Å². The summed E-state index contributed by atoms with van der Waals surface area (Å²) in [6.07, 6.45) is 3.22. The third-order valence-electron chi connectivity index (χ3n) is 3.20. The number of aliphatic carboxylic acids is 1. The van der Waals surface area contributed by atoms with Crippen molar-refractivity contribution in [3.8, 4) is 0 Å². The van der Waals surface area contributed by atoms with Crippen LogP contribution in [0.1, 0.15) is 24.5 Å². The van der Waals surface area contributed by atoms with E-state index in [9.17, 15) is 9.59 Å². The van der Waals surface area contributed by atoms with Crippen LogP contribution in [0, 0.1) is 6.92 Å². The lowest BCUT2D eigenvalue weighted by Gasteiger charge is -2.13. The van der Waals surface area contributed by atoms with E-state index in [1.807, 2.05) is 26.0 Å². The fourth-order valence-corrected chi connectivity index (χ4v) is 2.43. The van der Waals surface area contributed by atoms with E-state index in [1.165, 1.54) is 0 Å². The molecule has 0 amide bonds. The van der Waals surface area contributed by atoms with E-state index < -0.39 is 5.97 Å². The highest BCUT2D eigenvalue weighted by Crippen LogP contribution is 2.17. The summed E-state index contributed by atoms with van der Waals surface area (Å²) in [6, 6.07) is 5.49. The lowest BCUT2D eigenvalue weighted by Crippen LogP contribution is -2.18. The van der Waals surface area contributed by atoms with Gasteiger partial charge in [0.15, 0.2) is 5.43 Å². The average molecular weight is 259 g/mol. The van der Waals surface area contributed by atoms with Gasteiger partial charge in [0, 0.05) is 17.1 Å². The minimum atomic E-state index is -0.907. The number of carboxylic acids is 1. The van der Waals surface area contributed by atoms with E-state index in [-0.39, 0.29) is 12.0 Å². The molecule has 1 N–H and O–H groups in total. The topological polar surface area (TPSA) is 59.3 Å². The van der Waals surface area contributed by atoms with Crippen molar-refractivity contribution in [3.05, 3.63) is 45.7 Å². The van der Waals surface area contributed by atoms with Gasteiger partial charge in [0.25, 0.3) is 0 Å². The maximum atomic E-state index is 12.3. The summed E-state index contributed by atoms with van der Waals surface area (Å²) in [5.41, 5.74) is 2.33. The zero-order valence-corrected chi connectivity index (χ0v) is 11.1. The number of hydrogen-bond acceptors (Lipinski definition) is 2. The molecule has 0 aliphatic rings. The van der Waals surface area contributed by atoms with Gasteiger partial charge in [-0.3, -0.25) is 9.59 Å². The Morgan fingerprint density at radius 2 is 2.11 bits per heavy atom. The van der Waals surface area contributed by atoms with Crippen molar-refractivity contribution in [2.75, 3.05) is 0 Å². The molecule has 4 nitrogen and oxygen atoms in total. The number of aryl methyl sites for hydroxylation is 2. The molecule has 0 aliphatic carbocycles. The highest BCUT2D eigenvalue weighted by molar-refractivity contribution is 5.84. The molecule has 0 saturated heterocycles. The molecule has 0 aliphatic heterocycles. The standard InChI is InChI=1S/C15H17NO3/c1-3-5-11-8-16(9-13(17)18)14-10(2)6-4-7-12(14)15(11)19/h4,6-8H,3,5,9H2,1-2H3,(H,17,18). The summed E-state index contributed by atoms with van der Waals surface area (Å²) >= 11 is 0. The second-order valence-corrected chi connectivity index (χ2v) is 4.73. The van der Waals surface area contributed by atoms with E-state index in [0.29, 0.717) is 17.4 Å². The van der Waals surface area contributed by atoms with Gasteiger partial charge < -0.3 is 9.67 Å². The van der Waals surface area contributed by atoms with Crippen molar-refractivity contribution in [2.24, 2.45) is 0 Å². The van der Waals surface area contributed by atoms with E-state index in [1.54, 1.807) is 16.8 Å². The van der Waals surface area contributed by atoms with Crippen molar-refractivity contribution in [2.45, 2.75) is 33.2 Å². The Morgan fingerprint density at radius 3 is 2.74 bits per heavy atom. The Bertz CT molecular complexity index is 686. The van der Waals surface area contributed by atoms with Crippen LogP contribution in [0.5, 0.6) is 0 Å². The maximum absolute atomic E-state index is 12.3. The third kappa shape index (κ3) is 2.52. The van der Waals surface area contributed by atoms with E-state index >= 15 is 0 Å². The molecule has 2 aromatic rings. The van der Waals surface area contributed by atoms with Gasteiger partial charge in [0.05, 0.1) is 5.52 Å². The summed E-state index contributed by atoms with van der Waals surface area (Å²) < 4.78 is 1.67. The lowest BCUT2D eigenvalue weighted by atomic mass is 10.1. The Kier molecular flexibility index (Phi) is 3.69. The van der Waals surface area contributed by atoms with Crippen molar-refractivity contribution in [3.63, 3.8) is 0 Å². The Balaban J connectivity index is 2.80. The Morgan fingerprint density at radius 1 is 1.37 bits per heavy atom. The highest BCUT2D eigenvalue weighted by Gasteiger charge is 2.11. The maximum Gasteiger partial charge on any atom is 0.323 e. The van der Waals surface area contributed by atoms with Crippen LogP contribution in [0.2, 0.25) is 0 Å². The minimum Gasteiger partial charge on any atom is -0.480 e. The Labute approximate surface area is 111 Å². The normalized spacial score (nSPS) is 10.8. The van der Waals surface area contributed by atoms with Crippen LogP contribution in [-0.2, 0) is 17.8 Å². The molecule has 1 aromatic heterocycles. The van der Waals surface area contributed by atoms with Gasteiger partial charge in [-0.15, -0.1) is 0 Å². The first-order valence-electron chi connectivity index (χ1n) is 6.38. The van der Waals surface area contributed by atoms with Crippen molar-refractivity contribution in [1.82, 2.24) is 4.57 Å². The zero-order chi connectivity index (χ0) is 14.0. The monoisotopic (exact) mass is 259 g/mol. The number of carbonyl (C=O) groups is 1. The van der Waals surface area contributed by atoms with Crippen molar-refractivity contribution < 1.29 is 9.90 Å². The molecular weight excluding hydrogens is 242 g/mol. The molecule has 19 heavy (non-hydrogen) atoms. The Hall–Kier alpha value is -2.10. The van der Waals surface area contributed by atoms with E-state index in [4.69, 9.17) is 5.11 Å². The summed E-state index contributed by atoms with van der Waals surface area (Å²) in [5, 5.41) is 9.61. The second-order valence-electron chi connectivity index (χ2n) is 4.73. The predicted octanol–water partition coefficient (Wildman–Crippen LogP) is 2.35. The summed E-state index contributed by atoms with van der Waals surface area (Å²) in [5.74, 6) is -0.907. The smallest absolute Gasteiger partial charge is 0.323 e. The summed E-state index contributed by atoms with van der Waals surface area (Å²) in [6.45, 7) is 3.76. The first-order valence-corrected chi connectivity index (χ1v) is 6.38. The molecule has 0 fully saturated rings. The molecule has 0 saturated carbocycles. The van der Waals surface area contributed by atoms with Gasteiger partial charge in [0.2, 0.25) is 0 Å². The fourth-order valence-electron chi connectivity index (χ4n) is 2.43. The molecule has 2 rings (SSSR count). The number of carboxylic acid groups (broad SMARTS) is 1. The predicted molar refractivity (Wildman–Crippen MR) is 74.6 cm³/mol. The van der Waals surface area contributed by atoms with E-state index in [2.05, 4.69) is 0 Å². The summed E-state index contributed by atoms with van der Waals surface area (Å²) in [7, 11) is 0. The van der Waals surface area contributed by atoms with Crippen LogP contribution < -0.4 is 5.43 Å². The van der Waals surface area contributed by atoms with E-state index in [0.717, 1.165) is 17.5 Å². The molecule has 100 valence electrons. The number of hydrogen-bond donors (Lipinski definition) is 1. The largest absolute Gasteiger partial charge is 0.480 e. The highest BCUT2D eigenvalue weighted by atomic mass is 16.4. The zero-order valence-electron chi connectivity index (χ0n) is 11.1. The molecule has 0 unspecified atom stereocenters. The molecule has 0 atom stereocenters. The molecular formula is C15H17NO3. The molecule has 1 heterocycles. The van der Waals surface area contributed by atoms with Gasteiger partial charge in [-0.05, 0) is 25.0 Å². The lowest BCUT2D eigenvalue weighted by molar-refractivity contribution is -0.137. The number of aromatic nitrogens is 1. The van der Waals surface area contributed by atoms with Crippen LogP contribution in [0.25, 0.3) is 10.9 Å². The number of benzene rings is 1. The number of fused-ring (bicyclic) bond motifs is 1. The second kappa shape index (κ2) is 5.26. The van der Waals surface area contributed by atoms with Crippen molar-refractivity contribution >= 4 is 16.9 Å². The van der Waals surface area contributed by atoms with Gasteiger partial charge in [-0.2, -0.15) is 0 Å². The average Bonchev–Trinajstić information content (AvgIpc) is 2.34. The fraction of sp³-hybridized carbons (Fsp3) is 0.333. The molecule has 0 bridgehead atoms. The summed E-state index contributed by atoms with van der Waals surface area (Å²) in [4.78, 5) is 23.3. The number of pyridine rings is 1. The van der Waals surface area contributed by atoms with Crippen LogP contribution in [-0.4, -0.2) is 15.6 Å². The number of para-hydroxylation sites is 1. The van der Waals surface area contributed by atoms with Gasteiger partial charge in [-0.25, -0.2) is 0 Å². The molecule has 0 radical (unpaired) electrons. The first kappa shape index (κ1) is 13.3. The quantitative estimate of drug-likeness (QED) is 0.916. The first-order chi connectivity index (χ1) is 9.04. The number of rotatable bonds is 4. The molecule has 1 aromatic carbocycles. The number of nitrogens with zero attached hydrogens (tertiary/aromatic N) is 1. The van der Waals surface area contributed by atoms with Gasteiger partial charge >= 0.3 is 5.97 Å². The van der Waals surface area contributed by atoms with Crippen LogP contribution in [0.15, 0.2) is 29.2 Å². The van der Waals surface area contributed by atoms with Crippen LogP contribution in [0.3, 0.4) is 0 Å². The molecule has 4 heteroatoms. The van der Waals surface area contributed by atoms with Gasteiger partial charge in [-0.1, -0.05) is 25.5 Å². The minimum absolute atomic E-state index is 0.0159. The third-order valence-corrected chi connectivity index (χ3v) is 3.20.